The first-order valence-corrected chi connectivity index (χ1v) is 6.49. The zero-order valence-corrected chi connectivity index (χ0v) is 10.2. The van der Waals surface area contributed by atoms with Gasteiger partial charge in [-0.3, -0.25) is 0 Å². The van der Waals surface area contributed by atoms with Gasteiger partial charge in [-0.2, -0.15) is 5.26 Å². The number of thioether (sulfide) groups is 1. The second kappa shape index (κ2) is 5.59. The Hall–Kier alpha value is -1.26. The van der Waals surface area contributed by atoms with E-state index in [2.05, 4.69) is 0 Å². The lowest BCUT2D eigenvalue weighted by Crippen LogP contribution is -2.50. The van der Waals surface area contributed by atoms with E-state index in [9.17, 15) is 15.3 Å². The molecule has 0 unspecified atom stereocenters. The number of rotatable bonds is 2. The zero-order valence-electron chi connectivity index (χ0n) is 9.43. The van der Waals surface area contributed by atoms with Gasteiger partial charge in [-0.25, -0.2) is 0 Å². The van der Waals surface area contributed by atoms with Crippen LogP contribution in [0.25, 0.3) is 0 Å². The van der Waals surface area contributed by atoms with E-state index < -0.39 is 23.7 Å². The molecule has 0 aliphatic carbocycles. The predicted octanol–water partition coefficient (Wildman–Crippen LogP) is 0.0927. The summed E-state index contributed by atoms with van der Waals surface area (Å²) in [5.74, 6) is 0.813. The molecule has 18 heavy (non-hydrogen) atoms. The topological polar surface area (TPSA) is 93.7 Å². The van der Waals surface area contributed by atoms with Gasteiger partial charge in [0.2, 0.25) is 0 Å². The van der Waals surface area contributed by atoms with Crippen LogP contribution in [0.2, 0.25) is 0 Å². The van der Waals surface area contributed by atoms with Gasteiger partial charge in [0, 0.05) is 5.75 Å². The van der Waals surface area contributed by atoms with Gasteiger partial charge in [0.25, 0.3) is 0 Å². The number of aliphatic hydroxyl groups excluding tert-OH is 3. The lowest BCUT2D eigenvalue weighted by Gasteiger charge is -2.34. The molecule has 1 fully saturated rings. The number of hydrogen-bond donors (Lipinski definition) is 3. The zero-order chi connectivity index (χ0) is 13.1. The average molecular weight is 267 g/mol. The molecule has 4 atom stereocenters. The van der Waals surface area contributed by atoms with Crippen molar-refractivity contribution in [1.82, 2.24) is 0 Å². The lowest BCUT2D eigenvalue weighted by molar-refractivity contribution is -0.0786. The maximum atomic E-state index is 9.76. The minimum absolute atomic E-state index is 0.305. The molecular formula is C12H13NO4S. The van der Waals surface area contributed by atoms with Crippen molar-refractivity contribution in [1.29, 1.82) is 5.26 Å². The van der Waals surface area contributed by atoms with E-state index in [0.717, 1.165) is 0 Å². The van der Waals surface area contributed by atoms with Crippen molar-refractivity contribution in [3.05, 3.63) is 29.8 Å². The number of ether oxygens (including phenoxy) is 1. The van der Waals surface area contributed by atoms with Crippen LogP contribution in [0.4, 0.5) is 0 Å². The molecule has 0 amide bonds. The van der Waals surface area contributed by atoms with Crippen molar-refractivity contribution in [2.45, 2.75) is 23.7 Å². The largest absolute Gasteiger partial charge is 0.477 e. The summed E-state index contributed by atoms with van der Waals surface area (Å²) < 4.78 is 5.52. The number of nitrogens with zero attached hydrogens (tertiary/aromatic N) is 1. The normalized spacial score (nSPS) is 31.7. The molecule has 1 aromatic rings. The number of nitriles is 1. The number of hydrogen-bond acceptors (Lipinski definition) is 6. The van der Waals surface area contributed by atoms with Crippen LogP contribution in [-0.2, 0) is 0 Å². The Morgan fingerprint density at radius 2 is 1.83 bits per heavy atom. The standard InChI is InChI=1S/C12H13NO4S/c13-5-7-1-3-8(4-2-7)17-12-11(16)10(15)9(14)6-18-12/h1-4,9-12,14-16H,6H2/t9-,10+,11-,12-/m0/s1. The minimum Gasteiger partial charge on any atom is -0.477 e. The first-order valence-electron chi connectivity index (χ1n) is 5.44. The summed E-state index contributed by atoms with van der Waals surface area (Å²) in [6.07, 6.45) is -3.28. The summed E-state index contributed by atoms with van der Waals surface area (Å²) in [7, 11) is 0. The van der Waals surface area contributed by atoms with E-state index in [1.165, 1.54) is 11.8 Å². The molecule has 0 spiro atoms. The molecule has 96 valence electrons. The number of benzene rings is 1. The van der Waals surface area contributed by atoms with Crippen molar-refractivity contribution in [2.75, 3.05) is 5.75 Å². The molecule has 1 aliphatic rings. The Kier molecular flexibility index (Phi) is 4.09. The maximum absolute atomic E-state index is 9.76. The third kappa shape index (κ3) is 2.76. The van der Waals surface area contributed by atoms with Crippen LogP contribution >= 0.6 is 11.8 Å². The van der Waals surface area contributed by atoms with E-state index in [0.29, 0.717) is 17.1 Å². The van der Waals surface area contributed by atoms with Crippen LogP contribution in [0.3, 0.4) is 0 Å². The minimum atomic E-state index is -1.20. The second-order valence-corrected chi connectivity index (χ2v) is 5.14. The highest BCUT2D eigenvalue weighted by atomic mass is 32.2. The molecule has 1 aliphatic heterocycles. The first-order chi connectivity index (χ1) is 8.61. The summed E-state index contributed by atoms with van der Waals surface area (Å²) in [5.41, 5.74) is -0.106. The fourth-order valence-electron chi connectivity index (χ4n) is 1.63. The molecule has 6 heteroatoms. The van der Waals surface area contributed by atoms with Crippen LogP contribution in [0.15, 0.2) is 24.3 Å². The molecule has 0 saturated carbocycles. The third-order valence-electron chi connectivity index (χ3n) is 2.69. The lowest BCUT2D eigenvalue weighted by atomic mass is 10.1. The van der Waals surface area contributed by atoms with Gasteiger partial charge in [0.05, 0.1) is 17.7 Å². The highest BCUT2D eigenvalue weighted by molar-refractivity contribution is 7.99. The molecule has 1 heterocycles. The molecule has 2 rings (SSSR count). The van der Waals surface area contributed by atoms with Gasteiger partial charge in [0.15, 0.2) is 5.44 Å². The summed E-state index contributed by atoms with van der Waals surface area (Å²) >= 11 is 1.24. The van der Waals surface area contributed by atoms with Crippen molar-refractivity contribution < 1.29 is 20.1 Å². The van der Waals surface area contributed by atoms with Gasteiger partial charge in [-0.15, -0.1) is 11.8 Å². The van der Waals surface area contributed by atoms with Crippen LogP contribution in [0.1, 0.15) is 5.56 Å². The Balaban J connectivity index is 2.02. The van der Waals surface area contributed by atoms with Crippen LogP contribution in [0.5, 0.6) is 5.75 Å². The van der Waals surface area contributed by atoms with Crippen LogP contribution in [0, 0.1) is 11.3 Å². The first kappa shape index (κ1) is 13.2. The predicted molar refractivity (Wildman–Crippen MR) is 66.1 cm³/mol. The fraction of sp³-hybridized carbons (Fsp3) is 0.417. The van der Waals surface area contributed by atoms with Gasteiger partial charge in [0.1, 0.15) is 18.0 Å². The molecule has 0 bridgehead atoms. The smallest absolute Gasteiger partial charge is 0.173 e. The third-order valence-corrected chi connectivity index (χ3v) is 3.93. The SMILES string of the molecule is N#Cc1ccc(O[C@H]2SC[C@H](O)[C@@H](O)[C@@H]2O)cc1. The monoisotopic (exact) mass is 267 g/mol. The van der Waals surface area contributed by atoms with Crippen LogP contribution in [-0.4, -0.2) is 44.8 Å². The van der Waals surface area contributed by atoms with E-state index in [1.54, 1.807) is 24.3 Å². The molecule has 5 nitrogen and oxygen atoms in total. The van der Waals surface area contributed by atoms with Gasteiger partial charge >= 0.3 is 0 Å². The van der Waals surface area contributed by atoms with Crippen molar-refractivity contribution >= 4 is 11.8 Å². The Labute approximate surface area is 109 Å². The van der Waals surface area contributed by atoms with Crippen molar-refractivity contribution in [2.24, 2.45) is 0 Å². The molecule has 3 N–H and O–H groups in total. The highest BCUT2D eigenvalue weighted by Gasteiger charge is 2.38. The molecule has 0 radical (unpaired) electrons. The summed E-state index contributed by atoms with van der Waals surface area (Å²) in [4.78, 5) is 0. The Morgan fingerprint density at radius 3 is 2.44 bits per heavy atom. The van der Waals surface area contributed by atoms with Crippen molar-refractivity contribution in [3.63, 3.8) is 0 Å². The average Bonchev–Trinajstić information content (AvgIpc) is 2.40. The second-order valence-electron chi connectivity index (χ2n) is 4.00. The number of aliphatic hydroxyl groups is 3. The quantitative estimate of drug-likeness (QED) is 0.703. The fourth-order valence-corrected chi connectivity index (χ4v) is 2.75. The Morgan fingerprint density at radius 1 is 1.17 bits per heavy atom. The molecular weight excluding hydrogens is 254 g/mol. The van der Waals surface area contributed by atoms with Gasteiger partial charge in [-0.05, 0) is 24.3 Å². The van der Waals surface area contributed by atoms with E-state index in [-0.39, 0.29) is 0 Å². The van der Waals surface area contributed by atoms with Gasteiger partial charge in [-0.1, -0.05) is 0 Å². The molecule has 1 saturated heterocycles. The van der Waals surface area contributed by atoms with E-state index in [1.807, 2.05) is 6.07 Å². The van der Waals surface area contributed by atoms with Crippen molar-refractivity contribution in [3.8, 4) is 11.8 Å². The summed E-state index contributed by atoms with van der Waals surface area (Å²) in [6, 6.07) is 8.48. The highest BCUT2D eigenvalue weighted by Crippen LogP contribution is 2.29. The summed E-state index contributed by atoms with van der Waals surface area (Å²) in [6.45, 7) is 0. The van der Waals surface area contributed by atoms with E-state index in [4.69, 9.17) is 10.00 Å². The Bertz CT molecular complexity index is 444. The van der Waals surface area contributed by atoms with Gasteiger partial charge < -0.3 is 20.1 Å². The summed E-state index contributed by atoms with van der Waals surface area (Å²) in [5, 5.41) is 37.3. The molecule has 1 aromatic carbocycles. The van der Waals surface area contributed by atoms with E-state index >= 15 is 0 Å². The molecule has 0 aromatic heterocycles. The van der Waals surface area contributed by atoms with Crippen LogP contribution < -0.4 is 4.74 Å². The maximum Gasteiger partial charge on any atom is 0.173 e.